The molecule has 294 valence electrons. The third kappa shape index (κ3) is 10.1. The molecule has 4 rings (SSSR count). The number of hydrogen-bond acceptors (Lipinski definition) is 10. The summed E-state index contributed by atoms with van der Waals surface area (Å²) in [4.78, 5) is 57.3. The first kappa shape index (κ1) is 42.5. The zero-order valence-corrected chi connectivity index (χ0v) is 32.8. The van der Waals surface area contributed by atoms with E-state index in [9.17, 15) is 29.4 Å². The number of methoxy groups -OCH3 is 2. The van der Waals surface area contributed by atoms with Gasteiger partial charge in [-0.05, 0) is 75.8 Å². The Morgan fingerprint density at radius 2 is 1.66 bits per heavy atom. The number of ketones is 2. The number of benzene rings is 1. The number of nitrogens with zero attached hydrogens (tertiary/aromatic N) is 1. The summed E-state index contributed by atoms with van der Waals surface area (Å²) in [5, 5.41) is 23.5. The summed E-state index contributed by atoms with van der Waals surface area (Å²) >= 11 is 0. The third-order valence-electron chi connectivity index (χ3n) is 11.5. The lowest BCUT2D eigenvalue weighted by Gasteiger charge is -2.47. The van der Waals surface area contributed by atoms with Crippen LogP contribution in [0.5, 0.6) is 0 Å². The molecule has 11 unspecified atom stereocenters. The molecule has 0 aliphatic carbocycles. The van der Waals surface area contributed by atoms with Crippen LogP contribution in [0.3, 0.4) is 0 Å². The van der Waals surface area contributed by atoms with Crippen molar-refractivity contribution >= 4 is 29.5 Å². The molecule has 0 aromatic heterocycles. The minimum Gasteiger partial charge on any atom is -0.456 e. The smallest absolute Gasteiger partial charge is 0.329 e. The van der Waals surface area contributed by atoms with Crippen LogP contribution in [0.2, 0.25) is 0 Å². The van der Waals surface area contributed by atoms with Gasteiger partial charge < -0.3 is 34.1 Å². The number of aliphatic hydroxyl groups is 2. The summed E-state index contributed by atoms with van der Waals surface area (Å²) in [5.74, 6) is -7.36. The van der Waals surface area contributed by atoms with Crippen molar-refractivity contribution in [3.8, 4) is 0 Å². The van der Waals surface area contributed by atoms with Crippen molar-refractivity contribution in [2.75, 3.05) is 20.8 Å². The fourth-order valence-corrected chi connectivity index (χ4v) is 8.27. The van der Waals surface area contributed by atoms with Crippen LogP contribution < -0.4 is 0 Å². The number of cyclic esters (lactones) is 1. The van der Waals surface area contributed by atoms with Crippen LogP contribution in [-0.2, 0) is 38.1 Å². The van der Waals surface area contributed by atoms with Gasteiger partial charge in [0.05, 0.1) is 18.3 Å². The van der Waals surface area contributed by atoms with Crippen LogP contribution in [0.4, 0.5) is 0 Å². The zero-order chi connectivity index (χ0) is 39.0. The molecule has 3 heterocycles. The summed E-state index contributed by atoms with van der Waals surface area (Å²) < 4.78 is 24.1. The van der Waals surface area contributed by atoms with E-state index in [2.05, 4.69) is 6.92 Å². The molecule has 0 saturated carbocycles. The minimum atomic E-state index is -2.48. The van der Waals surface area contributed by atoms with Gasteiger partial charge in [0.25, 0.3) is 11.7 Å². The lowest BCUT2D eigenvalue weighted by Crippen LogP contribution is -2.64. The number of carbonyl (C=O) groups is 4. The van der Waals surface area contributed by atoms with E-state index in [0.29, 0.717) is 37.7 Å². The number of amides is 1. The second-order valence-corrected chi connectivity index (χ2v) is 15.6. The van der Waals surface area contributed by atoms with E-state index in [-0.39, 0.29) is 37.5 Å². The Balaban J connectivity index is 1.78. The number of aliphatic hydroxyl groups excluding tert-OH is 1. The van der Waals surface area contributed by atoms with Gasteiger partial charge in [0.1, 0.15) is 24.0 Å². The number of fused-ring (bicyclic) bond motifs is 3. The molecule has 2 N–H and O–H groups in total. The molecular formula is C42H61NO10. The molecule has 1 amide bonds. The monoisotopic (exact) mass is 739 g/mol. The average Bonchev–Trinajstić information content (AvgIpc) is 3.14. The lowest BCUT2D eigenvalue weighted by atomic mass is 9.82. The van der Waals surface area contributed by atoms with Gasteiger partial charge in [-0.25, -0.2) is 4.79 Å². The van der Waals surface area contributed by atoms with E-state index in [1.165, 1.54) is 19.1 Å². The highest BCUT2D eigenvalue weighted by atomic mass is 16.7. The fourth-order valence-electron chi connectivity index (χ4n) is 8.27. The standard InChI is InChI=1S/C42H61NO10/c1-9-31-20-25(2)19-26(3)21-35(50-7)38-36(51-8)23-28(5)42(49,53-38)39(46)40(47)43-18-14-13-17-32(43)41(48)52-37(29(6)33(44)24-34(31)45)27(4)22-30-15-11-10-12-16-30/h10-12,15-16,20,22,26,28-29,31-33,35-38,44,49H,9,13-14,17-19,21,23-24H2,1-8H3/b25-20?,27-22+. The highest BCUT2D eigenvalue weighted by Gasteiger charge is 2.56. The van der Waals surface area contributed by atoms with Crippen LogP contribution in [-0.4, -0.2) is 102 Å². The predicted molar refractivity (Wildman–Crippen MR) is 200 cm³/mol. The predicted octanol–water partition coefficient (Wildman–Crippen LogP) is 5.45. The zero-order valence-electron chi connectivity index (χ0n) is 32.8. The molecule has 1 aromatic carbocycles. The maximum atomic E-state index is 14.1. The first-order valence-corrected chi connectivity index (χ1v) is 19.3. The first-order valence-electron chi connectivity index (χ1n) is 19.3. The normalized spacial score (nSPS) is 36.2. The summed E-state index contributed by atoms with van der Waals surface area (Å²) in [6.45, 7) is 11.3. The first-order chi connectivity index (χ1) is 25.1. The van der Waals surface area contributed by atoms with Gasteiger partial charge in [-0.2, -0.15) is 0 Å². The van der Waals surface area contributed by atoms with E-state index in [1.54, 1.807) is 20.8 Å². The van der Waals surface area contributed by atoms with Gasteiger partial charge in [0.15, 0.2) is 0 Å². The summed E-state index contributed by atoms with van der Waals surface area (Å²) in [6.07, 6.45) is 2.94. The maximum Gasteiger partial charge on any atom is 0.329 e. The summed E-state index contributed by atoms with van der Waals surface area (Å²) in [7, 11) is 3.07. The number of piperidine rings is 1. The van der Waals surface area contributed by atoms with Crippen molar-refractivity contribution in [1.82, 2.24) is 4.90 Å². The molecule has 1 aromatic rings. The Labute approximate surface area is 315 Å². The Kier molecular flexibility index (Phi) is 15.2. The van der Waals surface area contributed by atoms with Gasteiger partial charge in [-0.1, -0.05) is 75.8 Å². The average molecular weight is 740 g/mol. The molecule has 53 heavy (non-hydrogen) atoms. The summed E-state index contributed by atoms with van der Waals surface area (Å²) in [5.41, 5.74) is 2.51. The highest BCUT2D eigenvalue weighted by Crippen LogP contribution is 2.39. The fraction of sp³-hybridized carbons (Fsp3) is 0.667. The van der Waals surface area contributed by atoms with Crippen molar-refractivity contribution in [3.05, 3.63) is 53.1 Å². The lowest BCUT2D eigenvalue weighted by molar-refractivity contribution is -0.302. The number of carbonyl (C=O) groups excluding carboxylic acids is 4. The Bertz CT molecular complexity index is 1490. The minimum absolute atomic E-state index is 0.0480. The molecule has 0 radical (unpaired) electrons. The molecule has 11 heteroatoms. The summed E-state index contributed by atoms with van der Waals surface area (Å²) in [6, 6.07) is 8.38. The number of ether oxygens (including phenoxy) is 4. The van der Waals surface area contributed by atoms with Crippen LogP contribution in [0, 0.1) is 23.7 Å². The number of esters is 1. The number of hydrogen-bond donors (Lipinski definition) is 2. The number of rotatable bonds is 5. The van der Waals surface area contributed by atoms with E-state index < -0.39 is 77.8 Å². The van der Waals surface area contributed by atoms with Gasteiger partial charge in [-0.15, -0.1) is 0 Å². The van der Waals surface area contributed by atoms with E-state index in [1.807, 2.05) is 56.3 Å². The van der Waals surface area contributed by atoms with E-state index >= 15 is 0 Å². The van der Waals surface area contributed by atoms with Gasteiger partial charge in [-0.3, -0.25) is 14.4 Å². The van der Waals surface area contributed by atoms with Crippen molar-refractivity contribution < 1.29 is 48.3 Å². The van der Waals surface area contributed by atoms with E-state index in [4.69, 9.17) is 18.9 Å². The second kappa shape index (κ2) is 18.9. The van der Waals surface area contributed by atoms with Gasteiger partial charge in [0.2, 0.25) is 5.79 Å². The molecule has 2 bridgehead atoms. The highest BCUT2D eigenvalue weighted by molar-refractivity contribution is 6.39. The topological polar surface area (TPSA) is 149 Å². The Morgan fingerprint density at radius 3 is 2.30 bits per heavy atom. The second-order valence-electron chi connectivity index (χ2n) is 15.6. The van der Waals surface area contributed by atoms with Crippen molar-refractivity contribution in [2.24, 2.45) is 23.7 Å². The molecule has 11 atom stereocenters. The van der Waals surface area contributed by atoms with Crippen LogP contribution in [0.15, 0.2) is 47.6 Å². The van der Waals surface area contributed by atoms with Gasteiger partial charge >= 0.3 is 5.97 Å². The van der Waals surface area contributed by atoms with Crippen LogP contribution >= 0.6 is 0 Å². The quantitative estimate of drug-likeness (QED) is 0.227. The van der Waals surface area contributed by atoms with E-state index in [0.717, 1.165) is 11.1 Å². The molecule has 0 spiro atoms. The molecular weight excluding hydrogens is 678 g/mol. The largest absolute Gasteiger partial charge is 0.456 e. The molecule has 2 fully saturated rings. The molecule has 11 nitrogen and oxygen atoms in total. The Hall–Kier alpha value is -3.22. The van der Waals surface area contributed by atoms with Gasteiger partial charge in [0, 0.05) is 44.9 Å². The van der Waals surface area contributed by atoms with Crippen LogP contribution in [0.1, 0.15) is 98.5 Å². The molecule has 2 saturated heterocycles. The maximum absolute atomic E-state index is 14.1. The SMILES string of the molecule is CCC1C=C(C)CC(C)CC(OC)C2OC(O)(C(=O)C(=O)N3CCCCC3C(=O)OC(/C(C)=C/c3ccccc3)C(C)C(O)CC1=O)C(C)CC2OC. The molecule has 3 aliphatic rings. The van der Waals surface area contributed by atoms with Crippen molar-refractivity contribution in [2.45, 2.75) is 135 Å². The Morgan fingerprint density at radius 1 is 1.00 bits per heavy atom. The number of Topliss-reactive ketones (excluding diaryl/α,β-unsaturated/α-hetero) is 2. The number of allylic oxidation sites excluding steroid dienone is 2. The molecule has 3 aliphatic heterocycles. The van der Waals surface area contributed by atoms with Crippen molar-refractivity contribution in [1.29, 1.82) is 0 Å². The van der Waals surface area contributed by atoms with Crippen molar-refractivity contribution in [3.63, 3.8) is 0 Å². The van der Waals surface area contributed by atoms with Crippen LogP contribution in [0.25, 0.3) is 6.08 Å². The third-order valence-corrected chi connectivity index (χ3v) is 11.5.